The molecule has 66 heavy (non-hydrogen) atoms. The van der Waals surface area contributed by atoms with E-state index >= 15 is 4.79 Å². The number of aliphatic hydroxyl groups excluding tert-OH is 2. The largest absolute Gasteiger partial charge is 0.459 e. The lowest BCUT2D eigenvalue weighted by atomic mass is 9.55. The molecular weight excluding hydrogens is 847 g/mol. The smallest absolute Gasteiger partial charge is 0.254 e. The molecule has 0 bridgehead atoms. The maximum absolute atomic E-state index is 15.5. The van der Waals surface area contributed by atoms with Crippen molar-refractivity contribution in [2.75, 3.05) is 32.7 Å². The third-order valence-electron chi connectivity index (χ3n) is 13.4. The van der Waals surface area contributed by atoms with Gasteiger partial charge in [0, 0.05) is 48.1 Å². The number of thioether (sulfide) groups is 1. The Morgan fingerprint density at radius 3 is 2.42 bits per heavy atom. The zero-order valence-corrected chi connectivity index (χ0v) is 38.6. The van der Waals surface area contributed by atoms with Gasteiger partial charge in [-0.15, -0.1) is 18.3 Å². The Bertz CT molecular complexity index is 2580. The number of amides is 1. The van der Waals surface area contributed by atoms with Gasteiger partial charge in [0.1, 0.15) is 29.9 Å². The van der Waals surface area contributed by atoms with Crippen LogP contribution >= 0.6 is 11.8 Å². The van der Waals surface area contributed by atoms with Crippen molar-refractivity contribution in [3.8, 4) is 23.3 Å². The molecular formula is C55H59N3O7S. The van der Waals surface area contributed by atoms with Crippen LogP contribution in [0.5, 0.6) is 17.2 Å². The fourth-order valence-electron chi connectivity index (χ4n) is 10.4. The van der Waals surface area contributed by atoms with Crippen molar-refractivity contribution >= 4 is 34.2 Å². The number of benzene rings is 5. The SMILES string of the molecule is C=CCOC12Oc3ccc(Oc4ccc(SC)cc4)cc3C3C(CCCCO)C(CCCCO)C=C(C(=NOCC)CC1N(Cc1cccc4ccccc14)C(=O)c1ccc(C#N)cc1)C32. The summed E-state index contributed by atoms with van der Waals surface area (Å²) in [5.74, 6) is -0.282. The number of carbonyl (C=O) groups is 1. The quantitative estimate of drug-likeness (QED) is 0.0339. The van der Waals surface area contributed by atoms with Crippen LogP contribution in [0, 0.1) is 29.1 Å². The number of ether oxygens (including phenoxy) is 3. The molecule has 2 N–H and O–H groups in total. The topological polar surface area (TPSA) is 134 Å². The first-order valence-corrected chi connectivity index (χ1v) is 24.4. The van der Waals surface area contributed by atoms with E-state index in [-0.39, 0.29) is 56.4 Å². The Hall–Kier alpha value is -5.90. The molecule has 342 valence electrons. The Kier molecular flexibility index (Phi) is 15.3. The molecule has 5 aromatic rings. The zero-order valence-electron chi connectivity index (χ0n) is 37.8. The second-order valence-electron chi connectivity index (χ2n) is 17.2. The van der Waals surface area contributed by atoms with Gasteiger partial charge in [-0.3, -0.25) is 4.79 Å². The molecule has 11 heteroatoms. The van der Waals surface area contributed by atoms with Gasteiger partial charge >= 0.3 is 0 Å². The minimum absolute atomic E-state index is 0.0438. The van der Waals surface area contributed by atoms with Crippen molar-refractivity contribution in [2.45, 2.75) is 81.1 Å². The van der Waals surface area contributed by atoms with E-state index in [1.54, 1.807) is 42.1 Å². The van der Waals surface area contributed by atoms with Crippen LogP contribution in [0.2, 0.25) is 0 Å². The molecule has 1 saturated carbocycles. The lowest BCUT2D eigenvalue weighted by Crippen LogP contribution is -2.70. The molecule has 2 aliphatic carbocycles. The van der Waals surface area contributed by atoms with Gasteiger partial charge in [0.2, 0.25) is 5.79 Å². The highest BCUT2D eigenvalue weighted by atomic mass is 32.2. The number of unbranched alkanes of at least 4 members (excludes halogenated alkanes) is 2. The van der Waals surface area contributed by atoms with Crippen LogP contribution in [0.15, 0.2) is 144 Å². The summed E-state index contributed by atoms with van der Waals surface area (Å²) >= 11 is 1.67. The number of hydrogen-bond acceptors (Lipinski definition) is 10. The van der Waals surface area contributed by atoms with E-state index in [2.05, 4.69) is 49.1 Å². The second-order valence-corrected chi connectivity index (χ2v) is 18.1. The third kappa shape index (κ3) is 9.65. The molecule has 0 saturated heterocycles. The molecule has 1 heterocycles. The molecule has 6 unspecified atom stereocenters. The number of nitriles is 1. The van der Waals surface area contributed by atoms with Gasteiger partial charge in [-0.25, -0.2) is 0 Å². The Morgan fingerprint density at radius 1 is 0.955 bits per heavy atom. The Morgan fingerprint density at radius 2 is 1.70 bits per heavy atom. The normalized spacial score (nSPS) is 22.3. The van der Waals surface area contributed by atoms with E-state index in [1.165, 1.54) is 0 Å². The first-order chi connectivity index (χ1) is 32.4. The molecule has 0 radical (unpaired) electrons. The van der Waals surface area contributed by atoms with E-state index in [0.29, 0.717) is 47.8 Å². The highest BCUT2D eigenvalue weighted by molar-refractivity contribution is 7.98. The number of hydrogen-bond donors (Lipinski definition) is 2. The Balaban J connectivity index is 1.37. The summed E-state index contributed by atoms with van der Waals surface area (Å²) in [7, 11) is 0. The minimum atomic E-state index is -1.46. The molecule has 6 atom stereocenters. The highest BCUT2D eigenvalue weighted by Crippen LogP contribution is 2.62. The number of allylic oxidation sites excluding steroid dienone is 1. The molecule has 1 amide bonds. The lowest BCUT2D eigenvalue weighted by Gasteiger charge is -2.60. The van der Waals surface area contributed by atoms with E-state index in [4.69, 9.17) is 24.2 Å². The average molecular weight is 906 g/mol. The molecule has 8 rings (SSSR count). The molecule has 0 spiro atoms. The van der Waals surface area contributed by atoms with Crippen LogP contribution in [0.4, 0.5) is 0 Å². The zero-order chi connectivity index (χ0) is 46.0. The van der Waals surface area contributed by atoms with Crippen LogP contribution in [0.3, 0.4) is 0 Å². The van der Waals surface area contributed by atoms with Gasteiger partial charge in [0.25, 0.3) is 5.91 Å². The number of oxime groups is 1. The molecule has 10 nitrogen and oxygen atoms in total. The summed E-state index contributed by atoms with van der Waals surface area (Å²) in [6.07, 6.45) is 11.0. The number of fused-ring (bicyclic) bond motifs is 3. The first-order valence-electron chi connectivity index (χ1n) is 23.2. The lowest BCUT2D eigenvalue weighted by molar-refractivity contribution is -0.255. The molecule has 0 aromatic heterocycles. The van der Waals surface area contributed by atoms with Gasteiger partial charge < -0.3 is 34.2 Å². The van der Waals surface area contributed by atoms with Gasteiger partial charge in [-0.2, -0.15) is 5.26 Å². The van der Waals surface area contributed by atoms with Crippen molar-refractivity contribution in [3.63, 3.8) is 0 Å². The predicted octanol–water partition coefficient (Wildman–Crippen LogP) is 11.2. The maximum Gasteiger partial charge on any atom is 0.254 e. The van der Waals surface area contributed by atoms with Crippen LogP contribution in [-0.2, 0) is 16.1 Å². The number of aliphatic hydroxyl groups is 2. The molecule has 5 aromatic carbocycles. The third-order valence-corrected chi connectivity index (χ3v) is 14.1. The van der Waals surface area contributed by atoms with E-state index in [0.717, 1.165) is 63.8 Å². The number of nitrogens with zero attached hydrogens (tertiary/aromatic N) is 3. The van der Waals surface area contributed by atoms with Gasteiger partial charge in [-0.05, 0) is 139 Å². The fourth-order valence-corrected chi connectivity index (χ4v) is 10.8. The number of rotatable bonds is 20. The van der Waals surface area contributed by atoms with Crippen LogP contribution < -0.4 is 9.47 Å². The van der Waals surface area contributed by atoms with Gasteiger partial charge in [-0.1, -0.05) is 72.6 Å². The van der Waals surface area contributed by atoms with Crippen LogP contribution in [0.1, 0.15) is 84.8 Å². The summed E-state index contributed by atoms with van der Waals surface area (Å²) in [5, 5.41) is 36.7. The van der Waals surface area contributed by atoms with Crippen molar-refractivity contribution in [1.82, 2.24) is 4.90 Å². The van der Waals surface area contributed by atoms with Crippen LogP contribution in [0.25, 0.3) is 10.8 Å². The van der Waals surface area contributed by atoms with Crippen molar-refractivity contribution in [2.24, 2.45) is 22.9 Å². The molecule has 1 fully saturated rings. The summed E-state index contributed by atoms with van der Waals surface area (Å²) in [5.41, 5.74) is 4.48. The average Bonchev–Trinajstić information content (AvgIpc) is 3.35. The van der Waals surface area contributed by atoms with Gasteiger partial charge in [0.15, 0.2) is 0 Å². The van der Waals surface area contributed by atoms with Crippen molar-refractivity contribution < 1.29 is 34.1 Å². The molecule has 1 aliphatic heterocycles. The summed E-state index contributed by atoms with van der Waals surface area (Å²) in [4.78, 5) is 24.5. The maximum atomic E-state index is 15.5. The standard InChI is InChI=1S/C55H59N3O7S/c1-4-31-62-55-51(58(54(61)39-21-19-37(35-56)20-22-39)36-41-16-12-15-38-13-6-7-17-45(38)41)34-49(57-63-5-2)47-32-40(14-8-10-29-59)46(18-9-11-30-60)52(53(47)55)48-33-43(25-28-50(48)65-55)64-42-23-26-44(66-3)27-24-42/h4,6-7,12-13,15-17,19-28,32-33,40,46,51-53,59-60H,1,5,8-11,14,18,29-31,34,36H2,2-3H3. The first kappa shape index (κ1) is 46.6. The van der Waals surface area contributed by atoms with Gasteiger partial charge in [0.05, 0.1) is 29.9 Å². The highest BCUT2D eigenvalue weighted by Gasteiger charge is 2.65. The minimum Gasteiger partial charge on any atom is -0.459 e. The number of carbonyl (C=O) groups excluding carboxylic acids is 1. The summed E-state index contributed by atoms with van der Waals surface area (Å²) < 4.78 is 21.3. The van der Waals surface area contributed by atoms with Crippen molar-refractivity contribution in [1.29, 1.82) is 5.26 Å². The van der Waals surface area contributed by atoms with Crippen molar-refractivity contribution in [3.05, 3.63) is 156 Å². The Labute approximate surface area is 392 Å². The summed E-state index contributed by atoms with van der Waals surface area (Å²) in [6, 6.07) is 36.6. The molecule has 3 aliphatic rings. The second kappa shape index (κ2) is 21.6. The van der Waals surface area contributed by atoms with E-state index in [9.17, 15) is 15.5 Å². The van der Waals surface area contributed by atoms with E-state index in [1.807, 2.05) is 72.7 Å². The summed E-state index contributed by atoms with van der Waals surface area (Å²) in [6.45, 7) is 6.89. The fraction of sp³-hybridized carbons (Fsp3) is 0.364. The van der Waals surface area contributed by atoms with Crippen LogP contribution in [-0.4, -0.2) is 71.2 Å². The van der Waals surface area contributed by atoms with E-state index < -0.39 is 17.7 Å². The predicted molar refractivity (Wildman–Crippen MR) is 260 cm³/mol. The monoisotopic (exact) mass is 905 g/mol.